The highest BCUT2D eigenvalue weighted by molar-refractivity contribution is 6.32. The van der Waals surface area contributed by atoms with Crippen molar-refractivity contribution in [2.75, 3.05) is 26.3 Å². The molecule has 1 aliphatic heterocycles. The van der Waals surface area contributed by atoms with E-state index in [-0.39, 0.29) is 25.5 Å². The first-order valence-corrected chi connectivity index (χ1v) is 7.43. The Morgan fingerprint density at radius 2 is 2.27 bits per heavy atom. The summed E-state index contributed by atoms with van der Waals surface area (Å²) in [5.74, 6) is -0.726. The standard InChI is InChI=1S/C15H18ClNO5/c1-2-21-14-10(4-3-5-11(14)16)8-13(18)17-6-7-22-12(9-17)15(19)20/h3-5,12H,2,6-9H2,1H3,(H,19,20). The number of benzene rings is 1. The van der Waals surface area contributed by atoms with E-state index in [9.17, 15) is 9.59 Å². The molecule has 1 amide bonds. The molecule has 1 unspecified atom stereocenters. The van der Waals surface area contributed by atoms with Gasteiger partial charge in [0.05, 0.1) is 31.2 Å². The molecular weight excluding hydrogens is 310 g/mol. The van der Waals surface area contributed by atoms with Crippen molar-refractivity contribution >= 4 is 23.5 Å². The number of aliphatic carboxylic acids is 1. The second-order valence-corrected chi connectivity index (χ2v) is 5.28. The summed E-state index contributed by atoms with van der Waals surface area (Å²) in [6.07, 6.45) is -0.856. The van der Waals surface area contributed by atoms with Crippen molar-refractivity contribution in [1.29, 1.82) is 0 Å². The lowest BCUT2D eigenvalue weighted by Gasteiger charge is -2.31. The maximum atomic E-state index is 12.4. The maximum Gasteiger partial charge on any atom is 0.334 e. The second-order valence-electron chi connectivity index (χ2n) is 4.88. The van der Waals surface area contributed by atoms with E-state index in [1.165, 1.54) is 4.90 Å². The van der Waals surface area contributed by atoms with Gasteiger partial charge in [-0.2, -0.15) is 0 Å². The van der Waals surface area contributed by atoms with Crippen LogP contribution >= 0.6 is 11.6 Å². The third kappa shape index (κ3) is 3.90. The number of amides is 1. The smallest absolute Gasteiger partial charge is 0.334 e. The minimum absolute atomic E-state index is 0.0543. The van der Waals surface area contributed by atoms with Crippen LogP contribution in [-0.2, 0) is 20.7 Å². The van der Waals surface area contributed by atoms with E-state index >= 15 is 0 Å². The lowest BCUT2D eigenvalue weighted by molar-refractivity contribution is -0.159. The van der Waals surface area contributed by atoms with Gasteiger partial charge in [-0.15, -0.1) is 0 Å². The number of rotatable bonds is 5. The van der Waals surface area contributed by atoms with Gasteiger partial charge in [0.1, 0.15) is 5.75 Å². The molecule has 6 nitrogen and oxygen atoms in total. The Balaban J connectivity index is 2.09. The molecule has 1 saturated heterocycles. The Morgan fingerprint density at radius 3 is 2.95 bits per heavy atom. The fourth-order valence-corrected chi connectivity index (χ4v) is 2.55. The van der Waals surface area contributed by atoms with Gasteiger partial charge in [-0.25, -0.2) is 4.79 Å². The highest BCUT2D eigenvalue weighted by Gasteiger charge is 2.29. The lowest BCUT2D eigenvalue weighted by atomic mass is 10.1. The highest BCUT2D eigenvalue weighted by Crippen LogP contribution is 2.29. The summed E-state index contributed by atoms with van der Waals surface area (Å²) in [6.45, 7) is 2.94. The Hall–Kier alpha value is -1.79. The number of carbonyl (C=O) groups excluding carboxylic acids is 1. The van der Waals surface area contributed by atoms with Gasteiger partial charge in [0.25, 0.3) is 0 Å². The summed E-state index contributed by atoms with van der Waals surface area (Å²) in [5.41, 5.74) is 0.692. The number of halogens is 1. The first-order valence-electron chi connectivity index (χ1n) is 7.05. The van der Waals surface area contributed by atoms with Gasteiger partial charge in [0.15, 0.2) is 6.10 Å². The molecule has 1 fully saturated rings. The van der Waals surface area contributed by atoms with Crippen molar-refractivity contribution < 1.29 is 24.2 Å². The predicted octanol–water partition coefficient (Wildman–Crippen LogP) is 1.59. The molecule has 0 bridgehead atoms. The fraction of sp³-hybridized carbons (Fsp3) is 0.467. The number of carbonyl (C=O) groups is 2. The Kier molecular flexibility index (Phi) is 5.63. The molecule has 22 heavy (non-hydrogen) atoms. The van der Waals surface area contributed by atoms with Crippen molar-refractivity contribution in [3.63, 3.8) is 0 Å². The predicted molar refractivity (Wildman–Crippen MR) is 80.3 cm³/mol. The Labute approximate surface area is 133 Å². The number of ether oxygens (including phenoxy) is 2. The third-order valence-electron chi connectivity index (χ3n) is 3.37. The van der Waals surface area contributed by atoms with Crippen LogP contribution in [-0.4, -0.2) is 54.3 Å². The van der Waals surface area contributed by atoms with E-state index < -0.39 is 12.1 Å². The first-order chi connectivity index (χ1) is 10.5. The highest BCUT2D eigenvalue weighted by atomic mass is 35.5. The summed E-state index contributed by atoms with van der Waals surface area (Å²) in [6, 6.07) is 5.24. The van der Waals surface area contributed by atoms with Crippen LogP contribution in [0.1, 0.15) is 12.5 Å². The van der Waals surface area contributed by atoms with Crippen LogP contribution in [0.25, 0.3) is 0 Å². The molecule has 0 aliphatic carbocycles. The molecule has 1 aromatic rings. The molecule has 0 saturated carbocycles. The Bertz CT molecular complexity index is 563. The molecule has 1 aliphatic rings. The van der Waals surface area contributed by atoms with Crippen LogP contribution in [0, 0.1) is 0 Å². The van der Waals surface area contributed by atoms with E-state index in [0.717, 1.165) is 0 Å². The number of morpholine rings is 1. The molecule has 2 rings (SSSR count). The van der Waals surface area contributed by atoms with Crippen LogP contribution in [0.5, 0.6) is 5.75 Å². The van der Waals surface area contributed by atoms with Crippen LogP contribution in [0.15, 0.2) is 18.2 Å². The molecule has 1 atom stereocenters. The van der Waals surface area contributed by atoms with Crippen molar-refractivity contribution in [1.82, 2.24) is 4.90 Å². The van der Waals surface area contributed by atoms with E-state index in [4.69, 9.17) is 26.2 Å². The lowest BCUT2D eigenvalue weighted by Crippen LogP contribution is -2.49. The molecule has 0 spiro atoms. The maximum absolute atomic E-state index is 12.4. The summed E-state index contributed by atoms with van der Waals surface area (Å²) in [4.78, 5) is 24.8. The van der Waals surface area contributed by atoms with Crippen LogP contribution in [0.4, 0.5) is 0 Å². The monoisotopic (exact) mass is 327 g/mol. The Morgan fingerprint density at radius 1 is 1.50 bits per heavy atom. The van der Waals surface area contributed by atoms with Crippen molar-refractivity contribution in [2.45, 2.75) is 19.4 Å². The van der Waals surface area contributed by atoms with Gasteiger partial charge in [-0.05, 0) is 13.0 Å². The molecular formula is C15H18ClNO5. The number of carboxylic acid groups (broad SMARTS) is 1. The molecule has 1 heterocycles. The van der Waals surface area contributed by atoms with Crippen LogP contribution < -0.4 is 4.74 Å². The van der Waals surface area contributed by atoms with Crippen molar-refractivity contribution in [3.05, 3.63) is 28.8 Å². The average molecular weight is 328 g/mol. The van der Waals surface area contributed by atoms with E-state index in [1.54, 1.807) is 18.2 Å². The number of hydrogen-bond acceptors (Lipinski definition) is 4. The summed E-state index contributed by atoms with van der Waals surface area (Å²) in [7, 11) is 0. The van der Waals surface area contributed by atoms with Gasteiger partial charge < -0.3 is 19.5 Å². The van der Waals surface area contributed by atoms with Gasteiger partial charge >= 0.3 is 5.97 Å². The number of carboxylic acids is 1. The van der Waals surface area contributed by atoms with Crippen LogP contribution in [0.3, 0.4) is 0 Å². The fourth-order valence-electron chi connectivity index (χ4n) is 2.30. The van der Waals surface area contributed by atoms with Crippen molar-refractivity contribution in [2.24, 2.45) is 0 Å². The molecule has 7 heteroatoms. The summed E-state index contributed by atoms with van der Waals surface area (Å²) < 4.78 is 10.6. The summed E-state index contributed by atoms with van der Waals surface area (Å²) >= 11 is 6.09. The van der Waals surface area contributed by atoms with Crippen molar-refractivity contribution in [3.8, 4) is 5.75 Å². The zero-order chi connectivity index (χ0) is 16.1. The molecule has 1 aromatic carbocycles. The zero-order valence-corrected chi connectivity index (χ0v) is 13.0. The number of hydrogen-bond donors (Lipinski definition) is 1. The van der Waals surface area contributed by atoms with Gasteiger partial charge in [-0.3, -0.25) is 4.79 Å². The topological polar surface area (TPSA) is 76.1 Å². The van der Waals surface area contributed by atoms with E-state index in [1.807, 2.05) is 6.92 Å². The number of nitrogens with zero attached hydrogens (tertiary/aromatic N) is 1. The normalized spacial score (nSPS) is 18.1. The zero-order valence-electron chi connectivity index (χ0n) is 12.3. The SMILES string of the molecule is CCOc1c(Cl)cccc1CC(=O)N1CCOC(C(=O)O)C1. The molecule has 1 N–H and O–H groups in total. The van der Waals surface area contributed by atoms with Crippen LogP contribution in [0.2, 0.25) is 5.02 Å². The largest absolute Gasteiger partial charge is 0.492 e. The summed E-state index contributed by atoms with van der Waals surface area (Å²) in [5, 5.41) is 9.43. The van der Waals surface area contributed by atoms with Gasteiger partial charge in [0, 0.05) is 12.1 Å². The van der Waals surface area contributed by atoms with Gasteiger partial charge in [-0.1, -0.05) is 23.7 Å². The first kappa shape index (κ1) is 16.6. The second kappa shape index (κ2) is 7.47. The minimum Gasteiger partial charge on any atom is -0.492 e. The third-order valence-corrected chi connectivity index (χ3v) is 3.67. The average Bonchev–Trinajstić information content (AvgIpc) is 2.51. The minimum atomic E-state index is -1.06. The molecule has 120 valence electrons. The molecule has 0 radical (unpaired) electrons. The quantitative estimate of drug-likeness (QED) is 0.889. The molecule has 0 aromatic heterocycles. The van der Waals surface area contributed by atoms with E-state index in [2.05, 4.69) is 0 Å². The van der Waals surface area contributed by atoms with E-state index in [0.29, 0.717) is 29.5 Å². The number of para-hydroxylation sites is 1. The van der Waals surface area contributed by atoms with Gasteiger partial charge in [0.2, 0.25) is 5.91 Å².